The van der Waals surface area contributed by atoms with Crippen LogP contribution >= 0.6 is 22.6 Å². The lowest BCUT2D eigenvalue weighted by Gasteiger charge is -2.22. The average molecular weight is 328 g/mol. The molecule has 0 fully saturated rings. The summed E-state index contributed by atoms with van der Waals surface area (Å²) in [5.74, 6) is 0.806. The number of ether oxygens (including phenoxy) is 1. The predicted molar refractivity (Wildman–Crippen MR) is 72.2 cm³/mol. The summed E-state index contributed by atoms with van der Waals surface area (Å²) in [5.41, 5.74) is 2.25. The fraction of sp³-hybridized carbons (Fsp3) is 0.417. The van der Waals surface area contributed by atoms with Gasteiger partial charge in [0.2, 0.25) is 0 Å². The molecule has 3 nitrogen and oxygen atoms in total. The number of nitriles is 1. The summed E-state index contributed by atoms with van der Waals surface area (Å²) in [6.07, 6.45) is 0. The number of nitrogens with zero attached hydrogens (tertiary/aromatic N) is 2. The van der Waals surface area contributed by atoms with Crippen LogP contribution in [0.4, 0.5) is 5.69 Å². The third kappa shape index (κ3) is 1.63. The van der Waals surface area contributed by atoms with Gasteiger partial charge in [0.15, 0.2) is 0 Å². The summed E-state index contributed by atoms with van der Waals surface area (Å²) in [4.78, 5) is 2.24. The number of hydrogen-bond acceptors (Lipinski definition) is 3. The molecular formula is C12H13IN2O. The van der Waals surface area contributed by atoms with Gasteiger partial charge in [0, 0.05) is 18.3 Å². The minimum Gasteiger partial charge on any atom is -0.497 e. The van der Waals surface area contributed by atoms with Crippen molar-refractivity contribution >= 4 is 28.3 Å². The van der Waals surface area contributed by atoms with Crippen LogP contribution in [0.5, 0.6) is 5.75 Å². The van der Waals surface area contributed by atoms with Crippen molar-refractivity contribution in [1.29, 1.82) is 5.26 Å². The molecule has 0 aromatic heterocycles. The first-order valence-corrected chi connectivity index (χ1v) is 6.45. The van der Waals surface area contributed by atoms with E-state index < -0.39 is 0 Å². The Bertz CT molecular complexity index is 441. The number of benzene rings is 1. The maximum absolute atomic E-state index is 9.21. The smallest absolute Gasteiger partial charge is 0.120 e. The molecule has 0 bridgehead atoms. The number of likely N-dealkylation sites (N-methyl/N-ethyl adjacent to an activating group) is 1. The third-order valence-electron chi connectivity index (χ3n) is 2.93. The van der Waals surface area contributed by atoms with E-state index >= 15 is 0 Å². The molecule has 1 heterocycles. The Hall–Kier alpha value is -0.960. The van der Waals surface area contributed by atoms with Gasteiger partial charge in [0.1, 0.15) is 15.7 Å². The maximum atomic E-state index is 9.21. The highest BCUT2D eigenvalue weighted by Crippen LogP contribution is 2.44. The molecule has 0 saturated carbocycles. The second kappa shape index (κ2) is 4.50. The fourth-order valence-corrected chi connectivity index (χ4v) is 3.34. The molecule has 1 aromatic carbocycles. The molecule has 0 saturated heterocycles. The first-order chi connectivity index (χ1) is 7.72. The Labute approximate surface area is 109 Å². The van der Waals surface area contributed by atoms with Gasteiger partial charge in [-0.15, -0.1) is 0 Å². The number of anilines is 1. The van der Waals surface area contributed by atoms with Crippen LogP contribution in [0.3, 0.4) is 0 Å². The van der Waals surface area contributed by atoms with Gasteiger partial charge in [-0.05, 0) is 18.6 Å². The largest absolute Gasteiger partial charge is 0.497 e. The van der Waals surface area contributed by atoms with E-state index in [1.54, 1.807) is 7.11 Å². The number of hydrogen-bond donors (Lipinski definition) is 0. The van der Waals surface area contributed by atoms with Crippen LogP contribution in [0.15, 0.2) is 18.2 Å². The Morgan fingerprint density at radius 3 is 2.88 bits per heavy atom. The third-order valence-corrected chi connectivity index (χ3v) is 4.33. The zero-order valence-corrected chi connectivity index (χ0v) is 11.4. The molecule has 0 amide bonds. The number of rotatable bonds is 2. The van der Waals surface area contributed by atoms with Gasteiger partial charge in [0.25, 0.3) is 0 Å². The van der Waals surface area contributed by atoms with Crippen LogP contribution in [0.2, 0.25) is 0 Å². The molecule has 16 heavy (non-hydrogen) atoms. The zero-order valence-electron chi connectivity index (χ0n) is 9.27. The van der Waals surface area contributed by atoms with Crippen LogP contribution in [0.1, 0.15) is 18.4 Å². The SMILES string of the molecule is CCN1c2cc(OC)ccc2C(C#N)C1I. The zero-order chi connectivity index (χ0) is 11.7. The van der Waals surface area contributed by atoms with Crippen molar-refractivity contribution in [2.45, 2.75) is 16.9 Å². The van der Waals surface area contributed by atoms with Crippen LogP contribution in [-0.4, -0.2) is 17.7 Å². The first kappa shape index (κ1) is 11.5. The van der Waals surface area contributed by atoms with Gasteiger partial charge in [-0.1, -0.05) is 28.7 Å². The molecule has 0 aliphatic carbocycles. The van der Waals surface area contributed by atoms with E-state index in [1.165, 1.54) is 0 Å². The lowest BCUT2D eigenvalue weighted by atomic mass is 10.0. The molecular weight excluding hydrogens is 315 g/mol. The predicted octanol–water partition coefficient (Wildman–Crippen LogP) is 2.90. The number of methoxy groups -OCH3 is 1. The highest BCUT2D eigenvalue weighted by atomic mass is 127. The van der Waals surface area contributed by atoms with E-state index in [2.05, 4.69) is 40.5 Å². The van der Waals surface area contributed by atoms with Crippen molar-refractivity contribution in [3.8, 4) is 11.8 Å². The summed E-state index contributed by atoms with van der Waals surface area (Å²) in [7, 11) is 1.66. The molecule has 4 heteroatoms. The Morgan fingerprint density at radius 1 is 1.56 bits per heavy atom. The van der Waals surface area contributed by atoms with Gasteiger partial charge in [-0.25, -0.2) is 0 Å². The Morgan fingerprint density at radius 2 is 2.31 bits per heavy atom. The normalized spacial score (nSPS) is 22.8. The van der Waals surface area contributed by atoms with Crippen molar-refractivity contribution in [3.63, 3.8) is 0 Å². The van der Waals surface area contributed by atoms with Crippen molar-refractivity contribution < 1.29 is 4.74 Å². The van der Waals surface area contributed by atoms with Crippen molar-refractivity contribution in [2.75, 3.05) is 18.6 Å². The molecule has 1 aliphatic rings. The van der Waals surface area contributed by atoms with E-state index in [-0.39, 0.29) is 9.97 Å². The lowest BCUT2D eigenvalue weighted by molar-refractivity contribution is 0.415. The van der Waals surface area contributed by atoms with Gasteiger partial charge < -0.3 is 9.64 Å². The number of fused-ring (bicyclic) bond motifs is 1. The number of halogens is 1. The van der Waals surface area contributed by atoms with E-state index in [1.807, 2.05) is 18.2 Å². The van der Waals surface area contributed by atoms with Crippen LogP contribution in [0.25, 0.3) is 0 Å². The van der Waals surface area contributed by atoms with Gasteiger partial charge in [-0.3, -0.25) is 0 Å². The topological polar surface area (TPSA) is 36.3 Å². The highest BCUT2D eigenvalue weighted by Gasteiger charge is 2.36. The van der Waals surface area contributed by atoms with Gasteiger partial charge >= 0.3 is 0 Å². The highest BCUT2D eigenvalue weighted by molar-refractivity contribution is 14.1. The summed E-state index contributed by atoms with van der Waals surface area (Å²) in [6.45, 7) is 3.01. The molecule has 0 N–H and O–H groups in total. The molecule has 1 aromatic rings. The summed E-state index contributed by atoms with van der Waals surface area (Å²) < 4.78 is 5.44. The first-order valence-electron chi connectivity index (χ1n) is 5.21. The van der Waals surface area contributed by atoms with Crippen molar-refractivity contribution in [3.05, 3.63) is 23.8 Å². The van der Waals surface area contributed by atoms with Crippen molar-refractivity contribution in [2.24, 2.45) is 0 Å². The van der Waals surface area contributed by atoms with Gasteiger partial charge in [-0.2, -0.15) is 5.26 Å². The Balaban J connectivity index is 2.51. The van der Waals surface area contributed by atoms with Crippen LogP contribution < -0.4 is 9.64 Å². The van der Waals surface area contributed by atoms with Crippen molar-refractivity contribution in [1.82, 2.24) is 0 Å². The molecule has 2 unspecified atom stereocenters. The second-order valence-corrected chi connectivity index (χ2v) is 4.97. The van der Waals surface area contributed by atoms with Crippen LogP contribution in [-0.2, 0) is 0 Å². The molecule has 1 aliphatic heterocycles. The number of alkyl halides is 1. The van der Waals surface area contributed by atoms with E-state index in [4.69, 9.17) is 4.74 Å². The standard InChI is InChI=1S/C12H13IN2O/c1-3-15-11-6-8(16-2)4-5-9(11)10(7-14)12(15)13/h4-6,10,12H,3H2,1-2H3. The summed E-state index contributed by atoms with van der Waals surface area (Å²) in [5, 5.41) is 9.21. The molecule has 0 spiro atoms. The molecule has 84 valence electrons. The fourth-order valence-electron chi connectivity index (χ4n) is 2.10. The van der Waals surface area contributed by atoms with E-state index in [9.17, 15) is 5.26 Å². The Kier molecular flexibility index (Phi) is 3.24. The van der Waals surface area contributed by atoms with E-state index in [0.29, 0.717) is 0 Å². The average Bonchev–Trinajstić information content (AvgIpc) is 2.59. The molecule has 2 rings (SSSR count). The summed E-state index contributed by atoms with van der Waals surface area (Å²) in [6, 6.07) is 8.32. The van der Waals surface area contributed by atoms with Gasteiger partial charge in [0.05, 0.1) is 13.2 Å². The minimum atomic E-state index is -0.0403. The minimum absolute atomic E-state index is 0.0403. The quantitative estimate of drug-likeness (QED) is 0.476. The maximum Gasteiger partial charge on any atom is 0.120 e. The van der Waals surface area contributed by atoms with E-state index in [0.717, 1.165) is 23.5 Å². The molecule has 2 atom stereocenters. The molecule has 0 radical (unpaired) electrons. The second-order valence-electron chi connectivity index (χ2n) is 3.69. The lowest BCUT2D eigenvalue weighted by Crippen LogP contribution is -2.28. The monoisotopic (exact) mass is 328 g/mol. The summed E-state index contributed by atoms with van der Waals surface area (Å²) >= 11 is 2.34. The van der Waals surface area contributed by atoms with Crippen LogP contribution in [0, 0.1) is 11.3 Å².